The molecule has 1 amide bonds. The van der Waals surface area contributed by atoms with Crippen molar-refractivity contribution < 1.29 is 9.53 Å². The van der Waals surface area contributed by atoms with Crippen LogP contribution < -0.4 is 4.74 Å². The molecule has 4 rings (SSSR count). The second kappa shape index (κ2) is 6.26. The Morgan fingerprint density at radius 1 is 1.12 bits per heavy atom. The van der Waals surface area contributed by atoms with Crippen molar-refractivity contribution in [2.45, 2.75) is 50.2 Å². The van der Waals surface area contributed by atoms with Gasteiger partial charge in [-0.25, -0.2) is 0 Å². The summed E-state index contributed by atoms with van der Waals surface area (Å²) in [7, 11) is 1.65. The van der Waals surface area contributed by atoms with E-state index in [1.807, 2.05) is 29.1 Å². The van der Waals surface area contributed by atoms with Crippen molar-refractivity contribution in [3.63, 3.8) is 0 Å². The van der Waals surface area contributed by atoms with Gasteiger partial charge in [0.05, 0.1) is 32.0 Å². The van der Waals surface area contributed by atoms with Gasteiger partial charge in [0.1, 0.15) is 5.75 Å². The van der Waals surface area contributed by atoms with E-state index in [4.69, 9.17) is 4.74 Å². The van der Waals surface area contributed by atoms with Crippen molar-refractivity contribution in [3.05, 3.63) is 42.2 Å². The zero-order chi connectivity index (χ0) is 16.5. The van der Waals surface area contributed by atoms with Gasteiger partial charge in [0.2, 0.25) is 5.91 Å². The van der Waals surface area contributed by atoms with Gasteiger partial charge >= 0.3 is 0 Å². The van der Waals surface area contributed by atoms with Crippen LogP contribution in [0.5, 0.6) is 5.75 Å². The smallest absolute Gasteiger partial charge is 0.227 e. The van der Waals surface area contributed by atoms with Crippen molar-refractivity contribution in [1.29, 1.82) is 0 Å². The molecule has 2 fully saturated rings. The molecule has 2 atom stereocenters. The van der Waals surface area contributed by atoms with Gasteiger partial charge in [0, 0.05) is 17.6 Å². The molecule has 2 aliphatic heterocycles. The van der Waals surface area contributed by atoms with Crippen LogP contribution in [0.25, 0.3) is 0 Å². The first-order valence-corrected chi connectivity index (χ1v) is 8.55. The number of benzene rings is 1. The summed E-state index contributed by atoms with van der Waals surface area (Å²) in [5.74, 6) is 0.993. The Kier molecular flexibility index (Phi) is 3.96. The number of hydrogen-bond donors (Lipinski definition) is 0. The van der Waals surface area contributed by atoms with Gasteiger partial charge < -0.3 is 9.64 Å². The Balaban J connectivity index is 1.48. The number of carbonyl (C=O) groups excluding carboxylic acids is 1. The average Bonchev–Trinajstić information content (AvgIpc) is 3.22. The van der Waals surface area contributed by atoms with E-state index in [9.17, 15) is 4.79 Å². The lowest BCUT2D eigenvalue weighted by Gasteiger charge is -2.38. The van der Waals surface area contributed by atoms with Crippen LogP contribution in [0, 0.1) is 0 Å². The summed E-state index contributed by atoms with van der Waals surface area (Å²) in [6.45, 7) is 0. The Hall–Kier alpha value is -2.37. The first-order valence-electron chi connectivity index (χ1n) is 8.55. The number of fused-ring (bicyclic) bond motifs is 2. The van der Waals surface area contributed by atoms with Crippen molar-refractivity contribution in [2.24, 2.45) is 0 Å². The first-order chi connectivity index (χ1) is 11.8. The number of aromatic nitrogens is 3. The highest BCUT2D eigenvalue weighted by molar-refractivity contribution is 5.80. The molecule has 1 aromatic carbocycles. The summed E-state index contributed by atoms with van der Waals surface area (Å²) in [6, 6.07) is 8.69. The second-order valence-corrected chi connectivity index (χ2v) is 6.65. The number of hydrogen-bond acceptors (Lipinski definition) is 4. The van der Waals surface area contributed by atoms with Crippen LogP contribution in [-0.4, -0.2) is 45.0 Å². The predicted molar refractivity (Wildman–Crippen MR) is 88.6 cm³/mol. The van der Waals surface area contributed by atoms with E-state index in [0.29, 0.717) is 24.5 Å². The van der Waals surface area contributed by atoms with Crippen LogP contribution in [0.3, 0.4) is 0 Å². The molecule has 6 heteroatoms. The Morgan fingerprint density at radius 3 is 2.46 bits per heavy atom. The second-order valence-electron chi connectivity index (χ2n) is 6.65. The Bertz CT molecular complexity index is 702. The average molecular weight is 326 g/mol. The van der Waals surface area contributed by atoms with Crippen molar-refractivity contribution >= 4 is 5.91 Å². The largest absolute Gasteiger partial charge is 0.496 e. The van der Waals surface area contributed by atoms with Crippen LogP contribution >= 0.6 is 0 Å². The predicted octanol–water partition coefficient (Wildman–Crippen LogP) is 2.22. The normalized spacial score (nSPS) is 25.7. The molecular formula is C18H22N4O2. The Labute approximate surface area is 141 Å². The standard InChI is InChI=1S/C18H22N4O2/c1-24-17-5-3-2-4-13(17)10-18(23)21-14-6-7-15(21)12-16(11-14)22-19-8-9-20-22/h2-5,8-9,14-16H,6-7,10-12H2,1H3. The molecule has 0 spiro atoms. The van der Waals surface area contributed by atoms with E-state index in [0.717, 1.165) is 37.0 Å². The van der Waals surface area contributed by atoms with Gasteiger partial charge in [-0.05, 0) is 31.7 Å². The quantitative estimate of drug-likeness (QED) is 0.864. The molecule has 126 valence electrons. The highest BCUT2D eigenvalue weighted by Crippen LogP contribution is 2.40. The molecule has 2 aliphatic rings. The third-order valence-electron chi connectivity index (χ3n) is 5.29. The SMILES string of the molecule is COc1ccccc1CC(=O)N1C2CCC1CC(n1nccn1)C2. The van der Waals surface area contributed by atoms with Crippen LogP contribution in [0.4, 0.5) is 0 Å². The molecule has 2 saturated heterocycles. The number of nitrogens with zero attached hydrogens (tertiary/aromatic N) is 4. The topological polar surface area (TPSA) is 60.2 Å². The molecule has 2 unspecified atom stereocenters. The first kappa shape index (κ1) is 15.2. The highest BCUT2D eigenvalue weighted by Gasteiger charge is 2.44. The number of rotatable bonds is 4. The van der Waals surface area contributed by atoms with Crippen molar-refractivity contribution in [3.8, 4) is 5.75 Å². The van der Waals surface area contributed by atoms with Crippen LogP contribution in [0.15, 0.2) is 36.7 Å². The van der Waals surface area contributed by atoms with E-state index in [-0.39, 0.29) is 5.91 Å². The molecule has 0 aliphatic carbocycles. The lowest BCUT2D eigenvalue weighted by atomic mass is 9.96. The van der Waals surface area contributed by atoms with E-state index in [1.165, 1.54) is 0 Å². The van der Waals surface area contributed by atoms with Crippen molar-refractivity contribution in [1.82, 2.24) is 19.9 Å². The summed E-state index contributed by atoms with van der Waals surface area (Å²) in [4.78, 5) is 16.9. The molecular weight excluding hydrogens is 304 g/mol. The lowest BCUT2D eigenvalue weighted by Crippen LogP contribution is -2.47. The fourth-order valence-corrected chi connectivity index (χ4v) is 4.26. The number of piperidine rings is 1. The molecule has 24 heavy (non-hydrogen) atoms. The molecule has 2 bridgehead atoms. The summed E-state index contributed by atoms with van der Waals surface area (Å²) < 4.78 is 5.38. The van der Waals surface area contributed by atoms with Gasteiger partial charge in [0.25, 0.3) is 0 Å². The minimum absolute atomic E-state index is 0.207. The maximum absolute atomic E-state index is 12.9. The molecule has 6 nitrogen and oxygen atoms in total. The fourth-order valence-electron chi connectivity index (χ4n) is 4.26. The van der Waals surface area contributed by atoms with Crippen LogP contribution in [-0.2, 0) is 11.2 Å². The van der Waals surface area contributed by atoms with Crippen molar-refractivity contribution in [2.75, 3.05) is 7.11 Å². The number of ether oxygens (including phenoxy) is 1. The number of para-hydroxylation sites is 1. The molecule has 2 aromatic rings. The molecule has 0 N–H and O–H groups in total. The van der Waals surface area contributed by atoms with Crippen LogP contribution in [0.2, 0.25) is 0 Å². The van der Waals surface area contributed by atoms with Gasteiger partial charge in [-0.2, -0.15) is 15.0 Å². The zero-order valence-corrected chi connectivity index (χ0v) is 13.8. The number of carbonyl (C=O) groups is 1. The molecule has 1 aromatic heterocycles. The molecule has 3 heterocycles. The summed E-state index contributed by atoms with van der Waals surface area (Å²) in [5.41, 5.74) is 0.959. The maximum atomic E-state index is 12.9. The Morgan fingerprint density at radius 2 is 1.79 bits per heavy atom. The molecule has 0 radical (unpaired) electrons. The van der Waals surface area contributed by atoms with Gasteiger partial charge in [-0.1, -0.05) is 18.2 Å². The van der Waals surface area contributed by atoms with E-state index in [2.05, 4.69) is 15.1 Å². The van der Waals surface area contributed by atoms with Gasteiger partial charge in [-0.3, -0.25) is 4.79 Å². The minimum atomic E-state index is 0.207. The number of amides is 1. The van der Waals surface area contributed by atoms with Gasteiger partial charge in [0.15, 0.2) is 0 Å². The van der Waals surface area contributed by atoms with Crippen LogP contribution in [0.1, 0.15) is 37.3 Å². The highest BCUT2D eigenvalue weighted by atomic mass is 16.5. The summed E-state index contributed by atoms with van der Waals surface area (Å²) >= 11 is 0. The van der Waals surface area contributed by atoms with E-state index < -0.39 is 0 Å². The zero-order valence-electron chi connectivity index (χ0n) is 13.8. The number of methoxy groups -OCH3 is 1. The lowest BCUT2D eigenvalue weighted by molar-refractivity contribution is -0.135. The maximum Gasteiger partial charge on any atom is 0.227 e. The fraction of sp³-hybridized carbons (Fsp3) is 0.500. The third-order valence-corrected chi connectivity index (χ3v) is 5.29. The summed E-state index contributed by atoms with van der Waals surface area (Å²) in [5, 5.41) is 8.56. The summed E-state index contributed by atoms with van der Waals surface area (Å²) in [6.07, 6.45) is 7.91. The minimum Gasteiger partial charge on any atom is -0.496 e. The molecule has 0 saturated carbocycles. The third kappa shape index (κ3) is 2.66. The van der Waals surface area contributed by atoms with E-state index >= 15 is 0 Å². The van der Waals surface area contributed by atoms with E-state index in [1.54, 1.807) is 19.5 Å². The van der Waals surface area contributed by atoms with Gasteiger partial charge in [-0.15, -0.1) is 0 Å². The monoisotopic (exact) mass is 326 g/mol.